The summed E-state index contributed by atoms with van der Waals surface area (Å²) in [5.41, 5.74) is 2.88. The smallest absolute Gasteiger partial charge is 0.410 e. The molecule has 1 unspecified atom stereocenters. The molecule has 0 spiro atoms. The van der Waals surface area contributed by atoms with Crippen LogP contribution < -0.4 is 15.0 Å². The van der Waals surface area contributed by atoms with Gasteiger partial charge in [-0.05, 0) is 30.5 Å². The normalized spacial score (nSPS) is 14.9. The van der Waals surface area contributed by atoms with Gasteiger partial charge in [-0.25, -0.2) is 14.8 Å². The van der Waals surface area contributed by atoms with E-state index in [1.165, 1.54) is 4.90 Å². The summed E-state index contributed by atoms with van der Waals surface area (Å²) in [6, 6.07) is 18.3. The van der Waals surface area contributed by atoms with Crippen LogP contribution in [0.15, 0.2) is 79.4 Å². The first-order valence-electron chi connectivity index (χ1n) is 14.4. The summed E-state index contributed by atoms with van der Waals surface area (Å²) < 4.78 is 13.2. The van der Waals surface area contributed by atoms with Crippen molar-refractivity contribution < 1.29 is 19.1 Å². The number of imidazole rings is 1. The van der Waals surface area contributed by atoms with Gasteiger partial charge in [-0.2, -0.15) is 4.98 Å². The van der Waals surface area contributed by atoms with E-state index in [0.717, 1.165) is 22.6 Å². The zero-order chi connectivity index (χ0) is 30.2. The molecular formula is C32H37N7O4. The van der Waals surface area contributed by atoms with Crippen LogP contribution in [0.3, 0.4) is 0 Å². The fraction of sp³-hybridized carbons (Fsp3) is 0.344. The molecule has 1 fully saturated rings. The van der Waals surface area contributed by atoms with Crippen LogP contribution in [0.5, 0.6) is 5.75 Å². The minimum absolute atomic E-state index is 0.122. The number of anilines is 1. The largest absolute Gasteiger partial charge is 0.492 e. The predicted molar refractivity (Wildman–Crippen MR) is 162 cm³/mol. The third-order valence-corrected chi connectivity index (χ3v) is 7.19. The SMILES string of the molecule is Cc1ccc(OCCNC(=O)C2CN(c3cc(C(C)C)nc(-n4ccnc4)n3)CCN2C(=O)OCc2ccccc2)cc1. The fourth-order valence-electron chi connectivity index (χ4n) is 4.72. The second-order valence-corrected chi connectivity index (χ2v) is 10.7. The Morgan fingerprint density at radius 2 is 1.84 bits per heavy atom. The predicted octanol–water partition coefficient (Wildman–Crippen LogP) is 4.12. The van der Waals surface area contributed by atoms with Crippen molar-refractivity contribution in [2.45, 2.75) is 39.3 Å². The lowest BCUT2D eigenvalue weighted by molar-refractivity contribution is -0.126. The number of rotatable bonds is 10. The summed E-state index contributed by atoms with van der Waals surface area (Å²) in [7, 11) is 0. The number of nitrogens with one attached hydrogen (secondary N) is 1. The average Bonchev–Trinajstić information content (AvgIpc) is 3.58. The Morgan fingerprint density at radius 3 is 2.56 bits per heavy atom. The molecule has 0 saturated carbocycles. The van der Waals surface area contributed by atoms with Gasteiger partial charge in [0.05, 0.1) is 12.2 Å². The highest BCUT2D eigenvalue weighted by molar-refractivity contribution is 5.86. The van der Waals surface area contributed by atoms with Gasteiger partial charge in [-0.1, -0.05) is 61.9 Å². The lowest BCUT2D eigenvalue weighted by atomic mass is 10.1. The highest BCUT2D eigenvalue weighted by Gasteiger charge is 2.37. The molecule has 0 bridgehead atoms. The molecule has 224 valence electrons. The minimum atomic E-state index is -0.800. The molecular weight excluding hydrogens is 546 g/mol. The molecule has 2 aromatic carbocycles. The van der Waals surface area contributed by atoms with Crippen LogP contribution in [0.2, 0.25) is 0 Å². The number of hydrogen-bond donors (Lipinski definition) is 1. The Morgan fingerprint density at radius 1 is 1.05 bits per heavy atom. The van der Waals surface area contributed by atoms with Crippen molar-refractivity contribution in [2.24, 2.45) is 0 Å². The van der Waals surface area contributed by atoms with E-state index in [1.54, 1.807) is 23.3 Å². The number of aryl methyl sites for hydroxylation is 1. The van der Waals surface area contributed by atoms with Gasteiger partial charge < -0.3 is 19.7 Å². The van der Waals surface area contributed by atoms with Gasteiger partial charge >= 0.3 is 6.09 Å². The Kier molecular flexibility index (Phi) is 9.50. The first-order valence-corrected chi connectivity index (χ1v) is 14.4. The monoisotopic (exact) mass is 583 g/mol. The van der Waals surface area contributed by atoms with Crippen molar-refractivity contribution in [2.75, 3.05) is 37.7 Å². The molecule has 4 aromatic rings. The second kappa shape index (κ2) is 13.8. The Hall–Kier alpha value is -4.93. The maximum atomic E-state index is 13.6. The van der Waals surface area contributed by atoms with Crippen LogP contribution in [0.1, 0.15) is 36.6 Å². The maximum absolute atomic E-state index is 13.6. The van der Waals surface area contributed by atoms with Gasteiger partial charge in [0.25, 0.3) is 0 Å². The maximum Gasteiger partial charge on any atom is 0.410 e. The first kappa shape index (κ1) is 29.6. The number of nitrogens with zero attached hydrogens (tertiary/aromatic N) is 6. The zero-order valence-electron chi connectivity index (χ0n) is 24.7. The molecule has 2 aromatic heterocycles. The number of benzene rings is 2. The zero-order valence-corrected chi connectivity index (χ0v) is 24.7. The van der Waals surface area contributed by atoms with E-state index in [9.17, 15) is 9.59 Å². The summed E-state index contributed by atoms with van der Waals surface area (Å²) >= 11 is 0. The minimum Gasteiger partial charge on any atom is -0.492 e. The van der Waals surface area contributed by atoms with Crippen molar-refractivity contribution in [3.05, 3.63) is 96.2 Å². The third-order valence-electron chi connectivity index (χ3n) is 7.19. The van der Waals surface area contributed by atoms with E-state index < -0.39 is 12.1 Å². The summed E-state index contributed by atoms with van der Waals surface area (Å²) in [5.74, 6) is 1.78. The lowest BCUT2D eigenvalue weighted by Gasteiger charge is -2.40. The molecule has 1 aliphatic heterocycles. The van der Waals surface area contributed by atoms with Crippen LogP contribution in [-0.2, 0) is 16.1 Å². The van der Waals surface area contributed by atoms with Crippen LogP contribution in [-0.4, -0.2) is 75.2 Å². The van der Waals surface area contributed by atoms with Crippen LogP contribution >= 0.6 is 0 Å². The van der Waals surface area contributed by atoms with E-state index >= 15 is 0 Å². The van der Waals surface area contributed by atoms with Crippen molar-refractivity contribution in [1.82, 2.24) is 29.7 Å². The molecule has 2 amide bonds. The standard InChI is InChI=1S/C32H37N7O4/c1-23(2)27-19-29(36-31(35-27)38-15-13-33-22-38)37-16-17-39(32(41)43-21-25-7-5-4-6-8-25)28(20-37)30(40)34-14-18-42-26-11-9-24(3)10-12-26/h4-13,15,19,22-23,28H,14,16-18,20-21H2,1-3H3,(H,34,40). The lowest BCUT2D eigenvalue weighted by Crippen LogP contribution is -2.61. The number of hydrogen-bond acceptors (Lipinski definition) is 8. The van der Waals surface area contributed by atoms with E-state index in [0.29, 0.717) is 24.9 Å². The quantitative estimate of drug-likeness (QED) is 0.278. The molecule has 0 radical (unpaired) electrons. The number of amides is 2. The molecule has 5 rings (SSSR count). The van der Waals surface area contributed by atoms with Gasteiger partial charge in [0.15, 0.2) is 0 Å². The second-order valence-electron chi connectivity index (χ2n) is 10.7. The van der Waals surface area contributed by atoms with Crippen molar-refractivity contribution in [3.8, 4) is 11.7 Å². The van der Waals surface area contributed by atoms with Crippen LogP contribution in [0.4, 0.5) is 10.6 Å². The number of ether oxygens (including phenoxy) is 2. The molecule has 11 nitrogen and oxygen atoms in total. The Balaban J connectivity index is 1.31. The average molecular weight is 584 g/mol. The molecule has 1 saturated heterocycles. The molecule has 43 heavy (non-hydrogen) atoms. The molecule has 0 aliphatic carbocycles. The number of piperazine rings is 1. The van der Waals surface area contributed by atoms with Crippen molar-refractivity contribution in [3.63, 3.8) is 0 Å². The molecule has 1 N–H and O–H groups in total. The van der Waals surface area contributed by atoms with Crippen molar-refractivity contribution >= 4 is 17.8 Å². The van der Waals surface area contributed by atoms with Crippen molar-refractivity contribution in [1.29, 1.82) is 0 Å². The van der Waals surface area contributed by atoms with Gasteiger partial charge in [-0.15, -0.1) is 0 Å². The van der Waals surface area contributed by atoms with Gasteiger partial charge in [0.1, 0.15) is 37.2 Å². The fourth-order valence-corrected chi connectivity index (χ4v) is 4.72. The summed E-state index contributed by atoms with van der Waals surface area (Å²) in [5, 5.41) is 2.94. The van der Waals surface area contributed by atoms with E-state index in [4.69, 9.17) is 19.4 Å². The molecule has 11 heteroatoms. The van der Waals surface area contributed by atoms with E-state index in [1.807, 2.05) is 72.5 Å². The Labute approximate surface area is 251 Å². The van der Waals surface area contributed by atoms with E-state index in [2.05, 4.69) is 24.1 Å². The Bertz CT molecular complexity index is 1490. The third kappa shape index (κ3) is 7.68. The highest BCUT2D eigenvalue weighted by atomic mass is 16.6. The summed E-state index contributed by atoms with van der Waals surface area (Å²) in [4.78, 5) is 44.0. The van der Waals surface area contributed by atoms with Gasteiger partial charge in [-0.3, -0.25) is 14.3 Å². The number of aromatic nitrogens is 4. The van der Waals surface area contributed by atoms with E-state index in [-0.39, 0.29) is 38.1 Å². The number of carbonyl (C=O) groups is 2. The summed E-state index contributed by atoms with van der Waals surface area (Å²) in [6.07, 6.45) is 4.58. The van der Waals surface area contributed by atoms with Gasteiger partial charge in [0, 0.05) is 38.1 Å². The van der Waals surface area contributed by atoms with Gasteiger partial charge in [0.2, 0.25) is 11.9 Å². The number of carbonyl (C=O) groups excluding carboxylic acids is 2. The molecule has 3 heterocycles. The van der Waals surface area contributed by atoms with Crippen LogP contribution in [0.25, 0.3) is 5.95 Å². The van der Waals surface area contributed by atoms with Crippen LogP contribution in [0, 0.1) is 6.92 Å². The molecule has 1 atom stereocenters. The molecule has 1 aliphatic rings. The summed E-state index contributed by atoms with van der Waals surface area (Å²) in [6.45, 7) is 7.84. The highest BCUT2D eigenvalue weighted by Crippen LogP contribution is 2.24. The first-order chi connectivity index (χ1) is 20.9. The topological polar surface area (TPSA) is 115 Å².